The minimum Gasteiger partial charge on any atom is -0.396 e. The summed E-state index contributed by atoms with van der Waals surface area (Å²) in [6, 6.07) is 0.101. The second-order valence-electron chi connectivity index (χ2n) is 7.16. The quantitative estimate of drug-likeness (QED) is 0.751. The molecule has 0 bridgehead atoms. The zero-order chi connectivity index (χ0) is 17.4. The van der Waals surface area contributed by atoms with Gasteiger partial charge in [0.25, 0.3) is 0 Å². The molecule has 8 nitrogen and oxygen atoms in total. The lowest BCUT2D eigenvalue weighted by Gasteiger charge is -2.26. The third kappa shape index (κ3) is 3.13. The molecule has 1 fully saturated rings. The smallest absolute Gasteiger partial charge is 0.317 e. The maximum Gasteiger partial charge on any atom is 0.317 e. The number of amides is 2. The van der Waals surface area contributed by atoms with Gasteiger partial charge in [0.15, 0.2) is 0 Å². The van der Waals surface area contributed by atoms with Gasteiger partial charge in [0.1, 0.15) is 0 Å². The molecule has 1 aliphatic heterocycles. The van der Waals surface area contributed by atoms with Crippen molar-refractivity contribution in [2.45, 2.75) is 31.2 Å². The minimum atomic E-state index is -0.0400. The number of urea groups is 1. The lowest BCUT2D eigenvalue weighted by atomic mass is 9.92. The van der Waals surface area contributed by atoms with E-state index in [0.717, 1.165) is 24.8 Å². The summed E-state index contributed by atoms with van der Waals surface area (Å²) in [7, 11) is 1.88. The zero-order valence-corrected chi connectivity index (χ0v) is 14.4. The van der Waals surface area contributed by atoms with Crippen LogP contribution in [0.5, 0.6) is 0 Å². The number of carbonyl (C=O) groups is 1. The van der Waals surface area contributed by atoms with Crippen LogP contribution in [0.2, 0.25) is 0 Å². The normalized spacial score (nSPS) is 25.8. The van der Waals surface area contributed by atoms with Crippen LogP contribution in [0.25, 0.3) is 0 Å². The van der Waals surface area contributed by atoms with Crippen molar-refractivity contribution >= 4 is 6.03 Å². The van der Waals surface area contributed by atoms with E-state index in [2.05, 4.69) is 20.6 Å². The van der Waals surface area contributed by atoms with Crippen LogP contribution in [0, 0.1) is 5.92 Å². The Bertz CT molecular complexity index is 754. The molecule has 1 saturated heterocycles. The van der Waals surface area contributed by atoms with Gasteiger partial charge in [-0.3, -0.25) is 9.78 Å². The molecule has 0 spiro atoms. The van der Waals surface area contributed by atoms with Crippen molar-refractivity contribution in [2.75, 3.05) is 19.7 Å². The van der Waals surface area contributed by atoms with E-state index >= 15 is 0 Å². The number of aliphatic hydroxyl groups is 1. The molecule has 0 radical (unpaired) electrons. The Hall–Kier alpha value is -2.35. The summed E-state index contributed by atoms with van der Waals surface area (Å²) in [5.41, 5.74) is 3.46. The minimum absolute atomic E-state index is 0.0400. The SMILES string of the molecule is Cn1cc([C@@H]2CN(C(=O)NC3CCc4[nH]ncc4C3)C[C@H]2CO)cn1. The average Bonchev–Trinajstić information content (AvgIpc) is 3.32. The molecule has 134 valence electrons. The molecule has 3 atom stereocenters. The molecule has 2 amide bonds. The van der Waals surface area contributed by atoms with E-state index in [1.807, 2.05) is 30.5 Å². The highest BCUT2D eigenvalue weighted by Gasteiger charge is 2.37. The fraction of sp³-hybridized carbons (Fsp3) is 0.588. The van der Waals surface area contributed by atoms with Crippen LogP contribution in [0.3, 0.4) is 0 Å². The predicted octanol–water partition coefficient (Wildman–Crippen LogP) is 0.418. The molecule has 1 unspecified atom stereocenters. The zero-order valence-electron chi connectivity index (χ0n) is 14.4. The maximum absolute atomic E-state index is 12.7. The van der Waals surface area contributed by atoms with Crippen molar-refractivity contribution in [3.05, 3.63) is 35.4 Å². The van der Waals surface area contributed by atoms with E-state index in [-0.39, 0.29) is 30.5 Å². The number of rotatable bonds is 3. The predicted molar refractivity (Wildman–Crippen MR) is 91.0 cm³/mol. The summed E-state index contributed by atoms with van der Waals surface area (Å²) in [5.74, 6) is 0.193. The number of nitrogens with zero attached hydrogens (tertiary/aromatic N) is 4. The van der Waals surface area contributed by atoms with E-state index in [0.29, 0.717) is 13.1 Å². The second kappa shape index (κ2) is 6.51. The topological polar surface area (TPSA) is 99.1 Å². The van der Waals surface area contributed by atoms with Gasteiger partial charge in [0.05, 0.1) is 12.4 Å². The Balaban J connectivity index is 1.39. The first kappa shape index (κ1) is 16.1. The molecule has 0 aromatic carbocycles. The number of aromatic nitrogens is 4. The van der Waals surface area contributed by atoms with E-state index < -0.39 is 0 Å². The number of aliphatic hydroxyl groups excluding tert-OH is 1. The Morgan fingerprint density at radius 3 is 3.08 bits per heavy atom. The summed E-state index contributed by atoms with van der Waals surface area (Å²) >= 11 is 0. The first-order chi connectivity index (χ1) is 12.1. The third-order valence-electron chi connectivity index (χ3n) is 5.46. The highest BCUT2D eigenvalue weighted by atomic mass is 16.3. The Kier molecular flexibility index (Phi) is 4.20. The first-order valence-electron chi connectivity index (χ1n) is 8.80. The average molecular weight is 344 g/mol. The first-order valence-corrected chi connectivity index (χ1v) is 8.80. The molecular formula is C17H24N6O2. The van der Waals surface area contributed by atoms with Crippen molar-refractivity contribution in [1.29, 1.82) is 0 Å². The van der Waals surface area contributed by atoms with Gasteiger partial charge in [0.2, 0.25) is 0 Å². The number of H-pyrrole nitrogens is 1. The van der Waals surface area contributed by atoms with E-state index in [1.54, 1.807) is 4.68 Å². The molecule has 2 aliphatic rings. The highest BCUT2D eigenvalue weighted by Crippen LogP contribution is 2.32. The molecule has 3 N–H and O–H groups in total. The summed E-state index contributed by atoms with van der Waals surface area (Å²) in [6.45, 7) is 1.27. The van der Waals surface area contributed by atoms with Crippen molar-refractivity contribution in [2.24, 2.45) is 13.0 Å². The van der Waals surface area contributed by atoms with Gasteiger partial charge < -0.3 is 15.3 Å². The van der Waals surface area contributed by atoms with Crippen molar-refractivity contribution in [1.82, 2.24) is 30.2 Å². The van der Waals surface area contributed by atoms with Crippen LogP contribution in [-0.2, 0) is 19.9 Å². The summed E-state index contributed by atoms with van der Waals surface area (Å²) in [5, 5.41) is 24.2. The molecule has 3 heterocycles. The molecule has 1 aliphatic carbocycles. The monoisotopic (exact) mass is 344 g/mol. The largest absolute Gasteiger partial charge is 0.396 e. The summed E-state index contributed by atoms with van der Waals surface area (Å²) < 4.78 is 1.76. The number of hydrogen-bond donors (Lipinski definition) is 3. The number of fused-ring (bicyclic) bond motifs is 1. The molecule has 4 rings (SSSR count). The van der Waals surface area contributed by atoms with E-state index in [1.165, 1.54) is 11.3 Å². The van der Waals surface area contributed by atoms with Crippen molar-refractivity contribution < 1.29 is 9.90 Å². The summed E-state index contributed by atoms with van der Waals surface area (Å²) in [4.78, 5) is 14.5. The summed E-state index contributed by atoms with van der Waals surface area (Å²) in [6.07, 6.45) is 8.30. The molecule has 8 heteroatoms. The molecule has 2 aromatic rings. The number of nitrogens with one attached hydrogen (secondary N) is 2. The molecular weight excluding hydrogens is 320 g/mol. The lowest BCUT2D eigenvalue weighted by Crippen LogP contribution is -2.46. The molecule has 2 aromatic heterocycles. The van der Waals surface area contributed by atoms with Gasteiger partial charge in [-0.1, -0.05) is 0 Å². The standard InChI is InChI=1S/C17H24N6O2/c1-22-7-12(6-19-22)15-9-23(8-13(15)10-24)17(25)20-14-2-3-16-11(4-14)5-18-21-16/h5-7,13-15,24H,2-4,8-10H2,1H3,(H,18,21)(H,20,25)/t13-,14?,15-/m0/s1. The van der Waals surface area contributed by atoms with E-state index in [9.17, 15) is 9.90 Å². The van der Waals surface area contributed by atoms with Crippen LogP contribution >= 0.6 is 0 Å². The van der Waals surface area contributed by atoms with Gasteiger partial charge >= 0.3 is 6.03 Å². The van der Waals surface area contributed by atoms with E-state index in [4.69, 9.17) is 0 Å². The van der Waals surface area contributed by atoms with Crippen LogP contribution in [0.15, 0.2) is 18.6 Å². The second-order valence-corrected chi connectivity index (χ2v) is 7.16. The Labute approximate surface area is 146 Å². The number of aromatic amines is 1. The molecule has 0 saturated carbocycles. The number of aryl methyl sites for hydroxylation is 2. The van der Waals surface area contributed by atoms with Gasteiger partial charge in [-0.05, 0) is 30.4 Å². The third-order valence-corrected chi connectivity index (χ3v) is 5.46. The van der Waals surface area contributed by atoms with Crippen LogP contribution < -0.4 is 5.32 Å². The Morgan fingerprint density at radius 2 is 2.32 bits per heavy atom. The highest BCUT2D eigenvalue weighted by molar-refractivity contribution is 5.75. The van der Waals surface area contributed by atoms with Gasteiger partial charge in [-0.15, -0.1) is 0 Å². The van der Waals surface area contributed by atoms with Crippen molar-refractivity contribution in [3.63, 3.8) is 0 Å². The molecule has 25 heavy (non-hydrogen) atoms. The number of hydrogen-bond acceptors (Lipinski definition) is 4. The van der Waals surface area contributed by atoms with Crippen LogP contribution in [-0.4, -0.2) is 61.8 Å². The lowest BCUT2D eigenvalue weighted by molar-refractivity contribution is 0.193. The fourth-order valence-electron chi connectivity index (χ4n) is 4.04. The fourth-order valence-corrected chi connectivity index (χ4v) is 4.04. The van der Waals surface area contributed by atoms with Gasteiger partial charge in [-0.25, -0.2) is 4.79 Å². The Morgan fingerprint density at radius 1 is 1.44 bits per heavy atom. The van der Waals surface area contributed by atoms with Crippen LogP contribution in [0.4, 0.5) is 4.79 Å². The van der Waals surface area contributed by atoms with Crippen LogP contribution in [0.1, 0.15) is 29.2 Å². The van der Waals surface area contributed by atoms with Crippen molar-refractivity contribution in [3.8, 4) is 0 Å². The maximum atomic E-state index is 12.7. The van der Waals surface area contributed by atoms with Gasteiger partial charge in [0, 0.05) is 56.5 Å². The number of likely N-dealkylation sites (tertiary alicyclic amines) is 1. The van der Waals surface area contributed by atoms with Gasteiger partial charge in [-0.2, -0.15) is 10.2 Å². The number of carbonyl (C=O) groups excluding carboxylic acids is 1.